The van der Waals surface area contributed by atoms with Crippen molar-refractivity contribution in [2.24, 2.45) is 20.6 Å². The SMILES string of the molecule is CC/C(=N\OC(C)=O)C(=O)c1ccc(N2CCCCC2)cc1.CCCCCC/C(=N\OC(=O)c1ccccc1)C(=O)c1ccc(N2CCOCC2)cc1.COc1ccc(C(=O)/C(=N/OC(=O)C(=O)c2ccccc2)c2ccccc2)cc1OC.O=C(O/N=C(/C(=O)c1ccc(N2CCOCC2)cc1)c1ccccc1)c1ccccc1. The lowest BCUT2D eigenvalue weighted by atomic mass is 10.0. The molecule has 24 heteroatoms. The molecule has 0 spiro atoms. The predicted octanol–water partition coefficient (Wildman–Crippen LogP) is 15.8. The maximum Gasteiger partial charge on any atom is 0.405 e. The molecule has 0 N–H and O–H groups in total. The lowest BCUT2D eigenvalue weighted by Crippen LogP contribution is -2.36. The molecule has 3 fully saturated rings. The van der Waals surface area contributed by atoms with Crippen molar-refractivity contribution in [3.8, 4) is 11.5 Å². The Morgan fingerprint density at radius 3 is 1.13 bits per heavy atom. The number of methoxy groups -OCH3 is 2. The van der Waals surface area contributed by atoms with E-state index in [-0.39, 0.29) is 51.3 Å². The Kier molecular flexibility index (Phi) is 34.3. The van der Waals surface area contributed by atoms with E-state index in [2.05, 4.69) is 47.1 Å². The molecular formula is C91H93N7O17. The van der Waals surface area contributed by atoms with Crippen molar-refractivity contribution in [2.75, 3.05) is 94.6 Å². The van der Waals surface area contributed by atoms with Gasteiger partial charge >= 0.3 is 23.9 Å². The number of anilines is 3. The highest BCUT2D eigenvalue weighted by Crippen LogP contribution is 2.29. The maximum atomic E-state index is 13.2. The summed E-state index contributed by atoms with van der Waals surface area (Å²) in [5.74, 6) is -4.21. The molecule has 9 aromatic rings. The first kappa shape index (κ1) is 85.8. The fourth-order valence-corrected chi connectivity index (χ4v) is 12.1. The molecule has 24 nitrogen and oxygen atoms in total. The molecule has 3 aliphatic heterocycles. The highest BCUT2D eigenvalue weighted by molar-refractivity contribution is 6.52. The van der Waals surface area contributed by atoms with Gasteiger partial charge in [-0.1, -0.05) is 181 Å². The van der Waals surface area contributed by atoms with Gasteiger partial charge in [0, 0.05) is 102 Å². The largest absolute Gasteiger partial charge is 0.493 e. The Labute approximate surface area is 668 Å². The second-order valence-electron chi connectivity index (χ2n) is 26.3. The molecule has 0 amide bonds. The quantitative estimate of drug-likeness (QED) is 0.0105. The maximum absolute atomic E-state index is 13.2. The van der Waals surface area contributed by atoms with Gasteiger partial charge in [0.05, 0.1) is 51.8 Å². The Balaban J connectivity index is 0.000000177. The topological polar surface area (TPSA) is 287 Å². The molecule has 3 heterocycles. The van der Waals surface area contributed by atoms with Crippen molar-refractivity contribution < 1.29 is 81.4 Å². The molecule has 115 heavy (non-hydrogen) atoms. The van der Waals surface area contributed by atoms with Crippen LogP contribution in [0.4, 0.5) is 17.1 Å². The van der Waals surface area contributed by atoms with E-state index in [1.54, 1.807) is 152 Å². The summed E-state index contributed by atoms with van der Waals surface area (Å²) in [5, 5.41) is 15.3. The van der Waals surface area contributed by atoms with Crippen molar-refractivity contribution in [2.45, 2.75) is 78.6 Å². The predicted molar refractivity (Wildman–Crippen MR) is 441 cm³/mol. The van der Waals surface area contributed by atoms with E-state index in [0.717, 1.165) is 82.0 Å². The summed E-state index contributed by atoms with van der Waals surface area (Å²) in [6.45, 7) is 13.5. The molecule has 0 unspecified atom stereocenters. The van der Waals surface area contributed by atoms with Crippen molar-refractivity contribution in [1.29, 1.82) is 0 Å². The van der Waals surface area contributed by atoms with Gasteiger partial charge in [0.15, 0.2) is 22.9 Å². The summed E-state index contributed by atoms with van der Waals surface area (Å²) in [6.07, 6.45) is 8.65. The number of hydrogen-bond acceptors (Lipinski definition) is 24. The number of unbranched alkanes of at least 4 members (excludes halogenated alkanes) is 3. The molecule has 0 saturated carbocycles. The first-order valence-corrected chi connectivity index (χ1v) is 38.1. The van der Waals surface area contributed by atoms with Gasteiger partial charge in [-0.15, -0.1) is 0 Å². The first-order valence-electron chi connectivity index (χ1n) is 38.1. The number of oxime groups is 4. The number of piperidine rings is 1. The van der Waals surface area contributed by atoms with Crippen LogP contribution in [0.15, 0.2) is 263 Å². The van der Waals surface area contributed by atoms with Crippen LogP contribution in [0.1, 0.15) is 162 Å². The zero-order chi connectivity index (χ0) is 81.5. The number of morpholine rings is 2. The van der Waals surface area contributed by atoms with Crippen molar-refractivity contribution in [3.63, 3.8) is 0 Å². The molecule has 3 aliphatic rings. The number of ether oxygens (including phenoxy) is 4. The van der Waals surface area contributed by atoms with Crippen LogP contribution >= 0.6 is 0 Å². The Bertz CT molecular complexity index is 4820. The van der Waals surface area contributed by atoms with Crippen LogP contribution in [0.3, 0.4) is 0 Å². The van der Waals surface area contributed by atoms with Crippen LogP contribution in [0.5, 0.6) is 11.5 Å². The minimum absolute atomic E-state index is 0.0732. The highest BCUT2D eigenvalue weighted by Gasteiger charge is 2.26. The Morgan fingerprint density at radius 2 is 0.704 bits per heavy atom. The fourth-order valence-electron chi connectivity index (χ4n) is 12.1. The lowest BCUT2D eigenvalue weighted by molar-refractivity contribution is -0.141. The number of nitrogens with zero attached hydrogens (tertiary/aromatic N) is 7. The first-order chi connectivity index (χ1) is 56.1. The summed E-state index contributed by atoms with van der Waals surface area (Å²) in [4.78, 5) is 138. The van der Waals surface area contributed by atoms with Crippen LogP contribution < -0.4 is 24.2 Å². The second-order valence-corrected chi connectivity index (χ2v) is 26.3. The molecule has 0 radical (unpaired) electrons. The van der Waals surface area contributed by atoms with E-state index < -0.39 is 35.4 Å². The molecule has 0 aliphatic carbocycles. The molecule has 594 valence electrons. The number of ketones is 5. The number of benzene rings is 9. The number of Topliss-reactive ketones (excluding diaryl/α,β-unsaturated/α-hetero) is 5. The van der Waals surface area contributed by atoms with Crippen LogP contribution in [-0.2, 0) is 38.4 Å². The third kappa shape index (κ3) is 26.2. The normalized spacial score (nSPS) is 13.6. The number of carbonyl (C=O) groups is 9. The van der Waals surface area contributed by atoms with Crippen molar-refractivity contribution >= 4 is 92.7 Å². The standard InChI is InChI=1S/C25H22N2O4.C25H30N2O4.C24H19NO6.C17H22N2O3/c28-24(20-11-13-22(14-12-20)27-15-17-30-18-16-27)23(19-7-3-1-4-8-19)26-31-25(29)21-9-5-2-6-10-21;1-2-3-4-8-11-23(26-31-25(29)21-9-6-5-7-10-21)24(28)20-12-14-22(15-13-20)27-16-18-30-19-17-27;1-29-19-14-13-18(15-20(19)30-2)22(26)21(16-9-5-3-6-10-16)25-31-24(28)23(27)17-11-7-4-8-12-17;1-3-16(18-22-13(2)20)17(21)14-7-9-15(10-8-14)19-11-5-4-6-12-19/h1-14H,15-18H2;5-7,9-10,12-15H,2-4,8,11,16-19H2,1H3;3-15H,1-2H3;7-10H,3-6,11-12H2,1-2H3/b2*26-23+;25-21+;18-16+. The molecule has 0 aromatic heterocycles. The minimum Gasteiger partial charge on any atom is -0.493 e. The average molecular weight is 1560 g/mol. The Morgan fingerprint density at radius 1 is 0.339 bits per heavy atom. The second kappa shape index (κ2) is 46.0. The Hall–Kier alpha value is -13.2. The van der Waals surface area contributed by atoms with E-state index in [1.165, 1.54) is 58.6 Å². The van der Waals surface area contributed by atoms with Gasteiger partial charge in [-0.05, 0) is 154 Å². The van der Waals surface area contributed by atoms with Gasteiger partial charge in [-0.3, -0.25) is 24.0 Å². The average Bonchev–Trinajstić information content (AvgIpc) is 0.867. The van der Waals surface area contributed by atoms with Crippen LogP contribution in [0, 0.1) is 0 Å². The monoisotopic (exact) mass is 1560 g/mol. The smallest absolute Gasteiger partial charge is 0.405 e. The number of rotatable bonds is 29. The van der Waals surface area contributed by atoms with Gasteiger partial charge in [-0.2, -0.15) is 0 Å². The minimum atomic E-state index is -1.19. The van der Waals surface area contributed by atoms with E-state index in [1.807, 2.05) is 79.7 Å². The lowest BCUT2D eigenvalue weighted by Gasteiger charge is -2.28. The molecule has 9 aromatic carbocycles. The summed E-state index contributed by atoms with van der Waals surface area (Å²) in [7, 11) is 2.94. The van der Waals surface area contributed by atoms with Gasteiger partial charge in [0.1, 0.15) is 11.4 Å². The van der Waals surface area contributed by atoms with E-state index in [4.69, 9.17) is 33.5 Å². The van der Waals surface area contributed by atoms with Crippen LogP contribution in [0.25, 0.3) is 0 Å². The number of carbonyl (C=O) groups excluding carboxylic acids is 9. The summed E-state index contributed by atoms with van der Waals surface area (Å²) >= 11 is 0. The summed E-state index contributed by atoms with van der Waals surface area (Å²) in [5.41, 5.74) is 7.45. The van der Waals surface area contributed by atoms with Crippen molar-refractivity contribution in [1.82, 2.24) is 0 Å². The zero-order valence-electron chi connectivity index (χ0n) is 65.1. The number of hydrogen-bond donors (Lipinski definition) is 0. The summed E-state index contributed by atoms with van der Waals surface area (Å²) < 4.78 is 21.2. The molecular weight excluding hydrogens is 1460 g/mol. The van der Waals surface area contributed by atoms with Gasteiger partial charge in [0.25, 0.3) is 5.78 Å². The van der Waals surface area contributed by atoms with E-state index in [0.29, 0.717) is 89.7 Å². The third-order valence-electron chi connectivity index (χ3n) is 18.4. The van der Waals surface area contributed by atoms with Gasteiger partial charge < -0.3 is 53.0 Å². The third-order valence-corrected chi connectivity index (χ3v) is 18.4. The van der Waals surface area contributed by atoms with Crippen LogP contribution in [-0.4, -0.2) is 156 Å². The molecule has 3 saturated heterocycles. The molecule has 0 atom stereocenters. The van der Waals surface area contributed by atoms with E-state index >= 15 is 0 Å². The molecule has 0 bridgehead atoms. The zero-order valence-corrected chi connectivity index (χ0v) is 65.1. The molecule has 12 rings (SSSR count). The van der Waals surface area contributed by atoms with Crippen LogP contribution in [0.2, 0.25) is 0 Å². The van der Waals surface area contributed by atoms with Gasteiger partial charge in [-0.25, -0.2) is 19.2 Å². The summed E-state index contributed by atoms with van der Waals surface area (Å²) in [6, 6.07) is 69.7. The van der Waals surface area contributed by atoms with Gasteiger partial charge in [0.2, 0.25) is 23.1 Å². The fraction of sp³-hybridized carbons (Fsp3) is 0.264. The van der Waals surface area contributed by atoms with Crippen molar-refractivity contribution in [3.05, 3.63) is 293 Å². The highest BCUT2D eigenvalue weighted by atomic mass is 16.7. The van der Waals surface area contributed by atoms with E-state index in [9.17, 15) is 43.2 Å².